The lowest BCUT2D eigenvalue weighted by atomic mass is 10.1. The molecule has 0 unspecified atom stereocenters. The zero-order valence-corrected chi connectivity index (χ0v) is 16.3. The maximum absolute atomic E-state index is 12.4. The van der Waals surface area contributed by atoms with Crippen LogP contribution in [0.3, 0.4) is 0 Å². The summed E-state index contributed by atoms with van der Waals surface area (Å²) >= 11 is 0. The summed E-state index contributed by atoms with van der Waals surface area (Å²) in [5.41, 5.74) is 3.18. The van der Waals surface area contributed by atoms with E-state index >= 15 is 0 Å². The minimum Gasteiger partial charge on any atom is -0.465 e. The van der Waals surface area contributed by atoms with Crippen molar-refractivity contribution in [2.24, 2.45) is 0 Å². The number of hydrogen-bond acceptors (Lipinski definition) is 4. The van der Waals surface area contributed by atoms with Crippen molar-refractivity contribution in [3.63, 3.8) is 0 Å². The Kier molecular flexibility index (Phi) is 6.45. The number of amides is 1. The van der Waals surface area contributed by atoms with Gasteiger partial charge in [-0.3, -0.25) is 4.79 Å². The van der Waals surface area contributed by atoms with E-state index in [1.165, 1.54) is 18.1 Å². The van der Waals surface area contributed by atoms with E-state index in [-0.39, 0.29) is 11.9 Å². The number of methoxy groups -OCH3 is 1. The summed E-state index contributed by atoms with van der Waals surface area (Å²) in [7, 11) is 3.55. The summed E-state index contributed by atoms with van der Waals surface area (Å²) in [6.45, 7) is 4.12. The molecule has 1 fully saturated rings. The molecule has 2 N–H and O–H groups in total. The zero-order valence-electron chi connectivity index (χ0n) is 16.3. The van der Waals surface area contributed by atoms with E-state index in [4.69, 9.17) is 0 Å². The van der Waals surface area contributed by atoms with E-state index in [1.54, 1.807) is 30.3 Å². The Morgan fingerprint density at radius 3 is 2.43 bits per heavy atom. The molecule has 0 radical (unpaired) electrons. The fourth-order valence-electron chi connectivity index (χ4n) is 3.18. The minimum atomic E-state index is -0.379. The highest BCUT2D eigenvalue weighted by Gasteiger charge is 2.19. The van der Waals surface area contributed by atoms with Gasteiger partial charge in [0.1, 0.15) is 0 Å². The van der Waals surface area contributed by atoms with Crippen LogP contribution in [-0.4, -0.2) is 52.2 Å². The SMILES string of the molecule is COC(=O)c1ccc(/C=C/C(=O)Nc2ccccc2N2CC[NH+](C)CC2)cc1. The number of para-hydroxylation sites is 2. The first-order valence-corrected chi connectivity index (χ1v) is 9.39. The Balaban J connectivity index is 1.65. The minimum absolute atomic E-state index is 0.191. The van der Waals surface area contributed by atoms with Crippen LogP contribution in [0, 0.1) is 0 Å². The Morgan fingerprint density at radius 1 is 1.07 bits per heavy atom. The van der Waals surface area contributed by atoms with Gasteiger partial charge >= 0.3 is 5.97 Å². The van der Waals surface area contributed by atoms with Crippen LogP contribution < -0.4 is 15.1 Å². The van der Waals surface area contributed by atoms with Crippen molar-refractivity contribution < 1.29 is 19.2 Å². The number of benzene rings is 2. The number of carbonyl (C=O) groups is 2. The van der Waals surface area contributed by atoms with Crippen molar-refractivity contribution >= 4 is 29.3 Å². The number of carbonyl (C=O) groups excluding carboxylic acids is 2. The summed E-state index contributed by atoms with van der Waals surface area (Å²) in [6, 6.07) is 14.8. The van der Waals surface area contributed by atoms with Crippen LogP contribution in [0.1, 0.15) is 15.9 Å². The molecular weight excluding hydrogens is 354 g/mol. The smallest absolute Gasteiger partial charge is 0.337 e. The molecule has 0 spiro atoms. The number of anilines is 2. The number of nitrogens with zero attached hydrogens (tertiary/aromatic N) is 1. The van der Waals surface area contributed by atoms with Crippen LogP contribution in [0.25, 0.3) is 6.08 Å². The number of rotatable bonds is 5. The van der Waals surface area contributed by atoms with E-state index in [9.17, 15) is 9.59 Å². The molecule has 1 amide bonds. The number of ether oxygens (including phenoxy) is 1. The summed E-state index contributed by atoms with van der Waals surface area (Å²) < 4.78 is 4.68. The number of hydrogen-bond donors (Lipinski definition) is 2. The first-order chi connectivity index (χ1) is 13.6. The maximum atomic E-state index is 12.4. The van der Waals surface area contributed by atoms with E-state index < -0.39 is 0 Å². The predicted molar refractivity (Wildman–Crippen MR) is 111 cm³/mol. The maximum Gasteiger partial charge on any atom is 0.337 e. The third-order valence-electron chi connectivity index (χ3n) is 4.88. The fourth-order valence-corrected chi connectivity index (χ4v) is 3.18. The van der Waals surface area contributed by atoms with E-state index in [2.05, 4.69) is 22.0 Å². The van der Waals surface area contributed by atoms with Crippen LogP contribution in [-0.2, 0) is 9.53 Å². The lowest BCUT2D eigenvalue weighted by molar-refractivity contribution is -0.880. The molecule has 2 aromatic rings. The average Bonchev–Trinajstić information content (AvgIpc) is 2.73. The third-order valence-corrected chi connectivity index (χ3v) is 4.88. The van der Waals surface area contributed by atoms with Crippen LogP contribution in [0.2, 0.25) is 0 Å². The molecule has 146 valence electrons. The molecule has 1 aliphatic rings. The molecule has 3 rings (SSSR count). The molecule has 6 nitrogen and oxygen atoms in total. The standard InChI is InChI=1S/C22H25N3O3/c1-24-13-15-25(16-14-24)20-6-4-3-5-19(20)23-21(26)12-9-17-7-10-18(11-8-17)22(27)28-2/h3-12H,13-16H2,1-2H3,(H,23,26)/p+1/b12-9+. The fraction of sp³-hybridized carbons (Fsp3) is 0.273. The van der Waals surface area contributed by atoms with Crippen molar-refractivity contribution in [3.05, 3.63) is 65.7 Å². The van der Waals surface area contributed by atoms with Crippen molar-refractivity contribution in [1.82, 2.24) is 0 Å². The average molecular weight is 380 g/mol. The largest absolute Gasteiger partial charge is 0.465 e. The molecule has 28 heavy (non-hydrogen) atoms. The van der Waals surface area contributed by atoms with Gasteiger partial charge in [-0.1, -0.05) is 24.3 Å². The van der Waals surface area contributed by atoms with Crippen LogP contribution in [0.5, 0.6) is 0 Å². The molecular formula is C22H26N3O3+. The molecule has 0 bridgehead atoms. The van der Waals surface area contributed by atoms with Gasteiger partial charge in [-0.2, -0.15) is 0 Å². The summed E-state index contributed by atoms with van der Waals surface area (Å²) in [5.74, 6) is -0.570. The summed E-state index contributed by atoms with van der Waals surface area (Å²) in [6.07, 6.45) is 3.22. The normalized spacial score (nSPS) is 14.9. The summed E-state index contributed by atoms with van der Waals surface area (Å²) in [5, 5.41) is 2.98. The topological polar surface area (TPSA) is 63.1 Å². The molecule has 1 heterocycles. The number of quaternary nitrogens is 1. The highest BCUT2D eigenvalue weighted by molar-refractivity contribution is 6.03. The molecule has 1 saturated heterocycles. The Bertz CT molecular complexity index is 854. The first kappa shape index (κ1) is 19.6. The molecule has 0 aliphatic carbocycles. The second kappa shape index (κ2) is 9.19. The monoisotopic (exact) mass is 380 g/mol. The number of esters is 1. The van der Waals surface area contributed by atoms with Gasteiger partial charge in [-0.05, 0) is 35.9 Å². The van der Waals surface area contributed by atoms with Crippen molar-refractivity contribution in [1.29, 1.82) is 0 Å². The second-order valence-corrected chi connectivity index (χ2v) is 6.90. The van der Waals surface area contributed by atoms with Crippen molar-refractivity contribution in [2.75, 3.05) is 50.6 Å². The number of nitrogens with one attached hydrogen (secondary N) is 2. The van der Waals surface area contributed by atoms with Gasteiger partial charge in [0.25, 0.3) is 0 Å². The van der Waals surface area contributed by atoms with Gasteiger partial charge in [0.15, 0.2) is 0 Å². The van der Waals surface area contributed by atoms with Gasteiger partial charge in [-0.15, -0.1) is 0 Å². The number of piperazine rings is 1. The zero-order chi connectivity index (χ0) is 19.9. The van der Waals surface area contributed by atoms with Gasteiger partial charge in [0, 0.05) is 6.08 Å². The molecule has 6 heteroatoms. The van der Waals surface area contributed by atoms with Crippen LogP contribution >= 0.6 is 0 Å². The first-order valence-electron chi connectivity index (χ1n) is 9.39. The van der Waals surface area contributed by atoms with E-state index in [0.717, 1.165) is 43.1 Å². The van der Waals surface area contributed by atoms with Gasteiger partial charge in [-0.25, -0.2) is 4.79 Å². The highest BCUT2D eigenvalue weighted by atomic mass is 16.5. The lowest BCUT2D eigenvalue weighted by Gasteiger charge is -2.32. The van der Waals surface area contributed by atoms with Crippen molar-refractivity contribution in [3.8, 4) is 0 Å². The number of likely N-dealkylation sites (N-methyl/N-ethyl adjacent to an activating group) is 1. The highest BCUT2D eigenvalue weighted by Crippen LogP contribution is 2.25. The van der Waals surface area contributed by atoms with E-state index in [1.807, 2.05) is 24.3 Å². The van der Waals surface area contributed by atoms with Crippen LogP contribution in [0.4, 0.5) is 11.4 Å². The van der Waals surface area contributed by atoms with Gasteiger partial charge in [0.05, 0.1) is 57.3 Å². The molecule has 2 aromatic carbocycles. The van der Waals surface area contributed by atoms with Gasteiger partial charge < -0.3 is 19.9 Å². The summed E-state index contributed by atoms with van der Waals surface area (Å²) in [4.78, 5) is 27.7. The Morgan fingerprint density at radius 2 is 1.75 bits per heavy atom. The molecule has 0 atom stereocenters. The Labute approximate surface area is 165 Å². The third kappa shape index (κ3) is 4.98. The second-order valence-electron chi connectivity index (χ2n) is 6.90. The predicted octanol–water partition coefficient (Wildman–Crippen LogP) is 1.46. The molecule has 1 aliphatic heterocycles. The molecule has 0 saturated carbocycles. The van der Waals surface area contributed by atoms with E-state index in [0.29, 0.717) is 5.56 Å². The van der Waals surface area contributed by atoms with Gasteiger partial charge in [0.2, 0.25) is 5.91 Å². The lowest BCUT2D eigenvalue weighted by Crippen LogP contribution is -3.12. The quantitative estimate of drug-likeness (QED) is 0.609. The van der Waals surface area contributed by atoms with Crippen LogP contribution in [0.15, 0.2) is 54.6 Å². The Hall–Kier alpha value is -3.12. The molecule has 0 aromatic heterocycles. The van der Waals surface area contributed by atoms with Crippen molar-refractivity contribution in [2.45, 2.75) is 0 Å².